The SMILES string of the molecule is CCCCc1ccc(-c2c(OC)c(-c3ccc(C#N)cc3)c(-c3ccc(F)cc3)c(-c3ccc(Cl)cc3)c2-c2ccc(Cl)c(Cl)c2)cc1. The number of hydrogen-bond donors (Lipinski definition) is 0. The van der Waals surface area contributed by atoms with Gasteiger partial charge in [-0.05, 0) is 100 Å². The standard InChI is InChI=1S/C42H31Cl3FNO/c1-3-4-5-26-6-10-30(11-7-26)41-39(32-18-23-35(44)36(45)24-32)37(28-14-19-33(43)20-15-28)38(29-16-21-34(46)22-17-29)40(42(41)48-2)31-12-8-27(25-47)9-13-31/h6-24H,3-5H2,1-2H3. The highest BCUT2D eigenvalue weighted by Crippen LogP contribution is 2.56. The van der Waals surface area contributed by atoms with E-state index < -0.39 is 0 Å². The number of methoxy groups -OCH3 is 1. The van der Waals surface area contributed by atoms with E-state index in [4.69, 9.17) is 39.5 Å². The third-order valence-corrected chi connectivity index (χ3v) is 9.49. The number of halogens is 4. The molecular formula is C42H31Cl3FNO. The molecule has 0 aliphatic carbocycles. The average molecular weight is 691 g/mol. The van der Waals surface area contributed by atoms with Gasteiger partial charge in [0, 0.05) is 27.3 Å². The van der Waals surface area contributed by atoms with Gasteiger partial charge in [0.15, 0.2) is 0 Å². The molecule has 0 unspecified atom stereocenters. The summed E-state index contributed by atoms with van der Waals surface area (Å²) in [7, 11) is 1.66. The highest BCUT2D eigenvalue weighted by atomic mass is 35.5. The number of rotatable bonds is 9. The molecule has 0 N–H and O–H groups in total. The molecule has 0 bridgehead atoms. The molecule has 238 valence electrons. The fraction of sp³-hybridized carbons (Fsp3) is 0.119. The normalized spacial score (nSPS) is 10.9. The Bertz CT molecular complexity index is 2120. The minimum absolute atomic E-state index is 0.344. The van der Waals surface area contributed by atoms with E-state index >= 15 is 0 Å². The summed E-state index contributed by atoms with van der Waals surface area (Å²) in [5, 5.41) is 11.1. The maximum atomic E-state index is 14.4. The molecule has 0 saturated carbocycles. The van der Waals surface area contributed by atoms with E-state index in [2.05, 4.69) is 37.3 Å². The first-order valence-corrected chi connectivity index (χ1v) is 16.8. The van der Waals surface area contributed by atoms with Crippen molar-refractivity contribution in [3.63, 3.8) is 0 Å². The highest BCUT2D eigenvalue weighted by molar-refractivity contribution is 6.42. The smallest absolute Gasteiger partial charge is 0.135 e. The van der Waals surface area contributed by atoms with Crippen molar-refractivity contribution in [1.82, 2.24) is 0 Å². The Morgan fingerprint density at radius 1 is 0.604 bits per heavy atom. The lowest BCUT2D eigenvalue weighted by Gasteiger charge is -2.27. The molecule has 0 saturated heterocycles. The molecular weight excluding hydrogens is 660 g/mol. The summed E-state index contributed by atoms with van der Waals surface area (Å²) in [6.45, 7) is 2.19. The van der Waals surface area contributed by atoms with E-state index in [1.54, 1.807) is 37.4 Å². The third kappa shape index (κ3) is 6.71. The Balaban J connectivity index is 1.85. The first kappa shape index (κ1) is 33.3. The molecule has 0 aliphatic rings. The van der Waals surface area contributed by atoms with Crippen LogP contribution in [0.3, 0.4) is 0 Å². The molecule has 6 aromatic carbocycles. The largest absolute Gasteiger partial charge is 0.495 e. The second-order valence-corrected chi connectivity index (χ2v) is 12.8. The van der Waals surface area contributed by atoms with Crippen LogP contribution in [0.1, 0.15) is 30.9 Å². The van der Waals surface area contributed by atoms with Crippen molar-refractivity contribution in [2.75, 3.05) is 7.11 Å². The van der Waals surface area contributed by atoms with Crippen molar-refractivity contribution in [1.29, 1.82) is 5.26 Å². The van der Waals surface area contributed by atoms with Crippen molar-refractivity contribution in [2.45, 2.75) is 26.2 Å². The number of nitrogens with zero attached hydrogens (tertiary/aromatic N) is 1. The van der Waals surface area contributed by atoms with Crippen LogP contribution in [0.5, 0.6) is 5.75 Å². The molecule has 0 heterocycles. The Hall–Kier alpha value is -4.59. The summed E-state index contributed by atoms with van der Waals surface area (Å²) >= 11 is 19.6. The van der Waals surface area contributed by atoms with E-state index in [-0.39, 0.29) is 5.82 Å². The van der Waals surface area contributed by atoms with Gasteiger partial charge in [0.2, 0.25) is 0 Å². The Morgan fingerprint density at radius 2 is 1.08 bits per heavy atom. The zero-order valence-electron chi connectivity index (χ0n) is 26.5. The fourth-order valence-electron chi connectivity index (χ4n) is 6.16. The Morgan fingerprint density at radius 3 is 1.62 bits per heavy atom. The van der Waals surface area contributed by atoms with Gasteiger partial charge in [-0.25, -0.2) is 4.39 Å². The van der Waals surface area contributed by atoms with Gasteiger partial charge < -0.3 is 4.74 Å². The minimum Gasteiger partial charge on any atom is -0.495 e. The number of unbranched alkanes of at least 4 members (excludes halogenated alkanes) is 1. The number of hydrogen-bond acceptors (Lipinski definition) is 2. The molecule has 0 amide bonds. The number of ether oxygens (including phenoxy) is 1. The molecule has 0 aliphatic heterocycles. The molecule has 6 rings (SSSR count). The summed E-state index contributed by atoms with van der Waals surface area (Å²) in [5.41, 5.74) is 10.3. The first-order valence-electron chi connectivity index (χ1n) is 15.7. The molecule has 0 fully saturated rings. The molecule has 2 nitrogen and oxygen atoms in total. The number of nitriles is 1. The summed E-state index contributed by atoms with van der Waals surface area (Å²) in [6, 6.07) is 38.0. The predicted octanol–water partition coefficient (Wildman–Crippen LogP) is 13.3. The number of benzene rings is 6. The quantitative estimate of drug-likeness (QED) is 0.151. The summed E-state index contributed by atoms with van der Waals surface area (Å²) in [5.74, 6) is 0.280. The second kappa shape index (κ2) is 14.7. The Kier molecular flexibility index (Phi) is 10.2. The molecule has 6 heteroatoms. The lowest BCUT2D eigenvalue weighted by Crippen LogP contribution is -2.02. The first-order chi connectivity index (χ1) is 23.3. The molecule has 0 radical (unpaired) electrons. The van der Waals surface area contributed by atoms with Crippen LogP contribution in [-0.4, -0.2) is 7.11 Å². The summed E-state index contributed by atoms with van der Waals surface area (Å²) in [6.07, 6.45) is 3.21. The van der Waals surface area contributed by atoms with Crippen LogP contribution in [0.4, 0.5) is 4.39 Å². The van der Waals surface area contributed by atoms with Crippen LogP contribution in [-0.2, 0) is 6.42 Å². The van der Waals surface area contributed by atoms with Gasteiger partial charge in [-0.3, -0.25) is 0 Å². The summed E-state index contributed by atoms with van der Waals surface area (Å²) < 4.78 is 20.9. The zero-order valence-corrected chi connectivity index (χ0v) is 28.7. The maximum absolute atomic E-state index is 14.4. The van der Waals surface area contributed by atoms with Gasteiger partial charge in [-0.1, -0.05) is 115 Å². The van der Waals surface area contributed by atoms with E-state index in [1.165, 1.54) is 17.7 Å². The molecule has 0 aromatic heterocycles. The van der Waals surface area contributed by atoms with Crippen LogP contribution in [0.2, 0.25) is 15.1 Å². The van der Waals surface area contributed by atoms with E-state index in [1.807, 2.05) is 48.5 Å². The second-order valence-electron chi connectivity index (χ2n) is 11.5. The predicted molar refractivity (Wildman–Crippen MR) is 198 cm³/mol. The minimum atomic E-state index is -0.344. The summed E-state index contributed by atoms with van der Waals surface area (Å²) in [4.78, 5) is 0. The lowest BCUT2D eigenvalue weighted by atomic mass is 9.78. The molecule has 48 heavy (non-hydrogen) atoms. The van der Waals surface area contributed by atoms with Crippen LogP contribution in [0.15, 0.2) is 115 Å². The number of aryl methyl sites for hydroxylation is 1. The highest BCUT2D eigenvalue weighted by Gasteiger charge is 2.29. The fourth-order valence-corrected chi connectivity index (χ4v) is 6.59. The lowest BCUT2D eigenvalue weighted by molar-refractivity contribution is 0.418. The van der Waals surface area contributed by atoms with E-state index in [0.29, 0.717) is 26.4 Å². The van der Waals surface area contributed by atoms with Crippen molar-refractivity contribution in [3.8, 4) is 67.5 Å². The molecule has 0 spiro atoms. The van der Waals surface area contributed by atoms with Crippen LogP contribution >= 0.6 is 34.8 Å². The van der Waals surface area contributed by atoms with E-state index in [9.17, 15) is 9.65 Å². The van der Waals surface area contributed by atoms with Crippen molar-refractivity contribution in [2.24, 2.45) is 0 Å². The van der Waals surface area contributed by atoms with Crippen LogP contribution < -0.4 is 4.74 Å². The van der Waals surface area contributed by atoms with E-state index in [0.717, 1.165) is 74.9 Å². The van der Waals surface area contributed by atoms with Gasteiger partial charge in [0.05, 0.1) is 28.8 Å². The van der Waals surface area contributed by atoms with Crippen LogP contribution in [0.25, 0.3) is 55.6 Å². The Labute approximate surface area is 295 Å². The van der Waals surface area contributed by atoms with Gasteiger partial charge >= 0.3 is 0 Å². The van der Waals surface area contributed by atoms with Crippen molar-refractivity contribution in [3.05, 3.63) is 147 Å². The van der Waals surface area contributed by atoms with Gasteiger partial charge in [0.1, 0.15) is 11.6 Å². The molecule has 6 aromatic rings. The maximum Gasteiger partial charge on any atom is 0.135 e. The molecule has 0 atom stereocenters. The topological polar surface area (TPSA) is 33.0 Å². The monoisotopic (exact) mass is 689 g/mol. The van der Waals surface area contributed by atoms with Crippen molar-refractivity contribution >= 4 is 34.8 Å². The van der Waals surface area contributed by atoms with Crippen LogP contribution in [0, 0.1) is 17.1 Å². The van der Waals surface area contributed by atoms with Gasteiger partial charge in [-0.2, -0.15) is 5.26 Å². The van der Waals surface area contributed by atoms with Crippen molar-refractivity contribution < 1.29 is 9.13 Å². The van der Waals surface area contributed by atoms with Gasteiger partial charge in [0.25, 0.3) is 0 Å². The third-order valence-electron chi connectivity index (χ3n) is 8.50. The average Bonchev–Trinajstić information content (AvgIpc) is 3.12. The van der Waals surface area contributed by atoms with Gasteiger partial charge in [-0.15, -0.1) is 0 Å². The zero-order chi connectivity index (χ0) is 33.8.